The molecule has 0 saturated carbocycles. The van der Waals surface area contributed by atoms with Crippen LogP contribution in [0.2, 0.25) is 0 Å². The Morgan fingerprint density at radius 3 is 2.53 bits per heavy atom. The van der Waals surface area contributed by atoms with E-state index in [-0.39, 0.29) is 17.4 Å². The molecule has 0 unspecified atom stereocenters. The number of nitrogens with zero attached hydrogens (tertiary/aromatic N) is 1. The van der Waals surface area contributed by atoms with Crippen molar-refractivity contribution in [3.63, 3.8) is 0 Å². The van der Waals surface area contributed by atoms with Gasteiger partial charge in [-0.05, 0) is 42.7 Å². The fourth-order valence-corrected chi connectivity index (χ4v) is 3.79. The first-order valence-corrected chi connectivity index (χ1v) is 12.1. The zero-order valence-electron chi connectivity index (χ0n) is 20.0. The number of hydrogen-bond acceptors (Lipinski definition) is 4. The molecule has 34 heavy (non-hydrogen) atoms. The Morgan fingerprint density at radius 2 is 1.79 bits per heavy atom. The Kier molecular flexibility index (Phi) is 9.32. The number of hydrogen-bond donors (Lipinski definition) is 2. The smallest absolute Gasteiger partial charge is 0.297 e. The number of fused-ring (bicyclic) bond motifs is 1. The second-order valence-electron chi connectivity index (χ2n) is 8.36. The van der Waals surface area contributed by atoms with Crippen molar-refractivity contribution in [2.24, 2.45) is 0 Å². The molecule has 0 atom stereocenters. The van der Waals surface area contributed by atoms with Crippen LogP contribution in [0.1, 0.15) is 57.9 Å². The van der Waals surface area contributed by atoms with Gasteiger partial charge in [-0.3, -0.25) is 9.59 Å². The van der Waals surface area contributed by atoms with Gasteiger partial charge in [-0.1, -0.05) is 69.9 Å². The zero-order chi connectivity index (χ0) is 24.3. The minimum Gasteiger partial charge on any atom is -0.500 e. The Hall–Kier alpha value is -3.54. The third kappa shape index (κ3) is 6.50. The van der Waals surface area contributed by atoms with E-state index in [1.165, 1.54) is 6.08 Å². The van der Waals surface area contributed by atoms with Crippen molar-refractivity contribution in [1.29, 1.82) is 0 Å². The quantitative estimate of drug-likeness (QED) is 0.251. The van der Waals surface area contributed by atoms with Gasteiger partial charge in [-0.2, -0.15) is 0 Å². The fraction of sp³-hybridized carbons (Fsp3) is 0.357. The first-order chi connectivity index (χ1) is 16.5. The highest BCUT2D eigenvalue weighted by atomic mass is 16.5. The Balaban J connectivity index is 1.93. The molecule has 0 bridgehead atoms. The number of anilines is 1. The van der Waals surface area contributed by atoms with E-state index in [1.54, 1.807) is 28.8 Å². The molecule has 0 saturated heterocycles. The van der Waals surface area contributed by atoms with Crippen molar-refractivity contribution >= 4 is 28.6 Å². The van der Waals surface area contributed by atoms with Crippen LogP contribution in [0.5, 0.6) is 11.5 Å². The van der Waals surface area contributed by atoms with Gasteiger partial charge in [0.1, 0.15) is 0 Å². The summed E-state index contributed by atoms with van der Waals surface area (Å²) in [6.07, 6.45) is 9.01. The van der Waals surface area contributed by atoms with Gasteiger partial charge in [0.25, 0.3) is 5.56 Å². The highest BCUT2D eigenvalue weighted by Gasteiger charge is 2.18. The van der Waals surface area contributed by atoms with Crippen LogP contribution < -0.4 is 15.6 Å². The summed E-state index contributed by atoms with van der Waals surface area (Å²) in [5.74, 6) is -0.417. The Labute approximate surface area is 200 Å². The van der Waals surface area contributed by atoms with E-state index >= 15 is 0 Å². The number of aromatic nitrogens is 1. The van der Waals surface area contributed by atoms with E-state index in [2.05, 4.69) is 19.2 Å². The number of pyridine rings is 1. The number of carbonyl (C=O) groups is 1. The van der Waals surface area contributed by atoms with Crippen molar-refractivity contribution in [1.82, 2.24) is 4.57 Å². The SMILES string of the molecule is CCCCCCn1c(=O)c(O)c(OCCCC)c2ccc(NC(=O)C=Cc3ccccc3)cc21. The van der Waals surface area contributed by atoms with Crippen LogP contribution in [-0.4, -0.2) is 22.2 Å². The maximum Gasteiger partial charge on any atom is 0.297 e. The first-order valence-electron chi connectivity index (χ1n) is 12.1. The molecule has 1 aromatic heterocycles. The summed E-state index contributed by atoms with van der Waals surface area (Å²) in [6.45, 7) is 5.10. The number of unbranched alkanes of at least 4 members (excludes halogenated alkanes) is 4. The van der Waals surface area contributed by atoms with Crippen LogP contribution in [0.4, 0.5) is 5.69 Å². The lowest BCUT2D eigenvalue weighted by atomic mass is 10.1. The Bertz CT molecular complexity index is 1180. The summed E-state index contributed by atoms with van der Waals surface area (Å²) in [4.78, 5) is 25.5. The molecule has 3 aromatic rings. The minimum absolute atomic E-state index is 0.208. The zero-order valence-corrected chi connectivity index (χ0v) is 20.0. The standard InChI is InChI=1S/C28H34N2O4/c1-3-5-7-11-18-30-24-20-22(29-25(31)17-14-21-12-9-8-10-13-21)15-16-23(24)27(26(32)28(30)33)34-19-6-4-2/h8-10,12-17,20,32H,3-7,11,18-19H2,1-2H3,(H,29,31). The molecule has 1 heterocycles. The molecular formula is C28H34N2O4. The lowest BCUT2D eigenvalue weighted by molar-refractivity contribution is -0.111. The van der Waals surface area contributed by atoms with Crippen LogP contribution in [0.25, 0.3) is 17.0 Å². The van der Waals surface area contributed by atoms with Crippen molar-refractivity contribution in [3.8, 4) is 11.5 Å². The molecule has 3 rings (SSSR count). The van der Waals surface area contributed by atoms with Crippen LogP contribution in [0.15, 0.2) is 59.4 Å². The van der Waals surface area contributed by atoms with Crippen LogP contribution >= 0.6 is 0 Å². The van der Waals surface area contributed by atoms with E-state index < -0.39 is 5.56 Å². The normalized spacial score (nSPS) is 11.2. The molecule has 6 heteroatoms. The van der Waals surface area contributed by atoms with E-state index in [0.29, 0.717) is 29.7 Å². The largest absolute Gasteiger partial charge is 0.500 e. The van der Waals surface area contributed by atoms with Crippen LogP contribution in [-0.2, 0) is 11.3 Å². The van der Waals surface area contributed by atoms with Crippen molar-refractivity contribution in [2.45, 2.75) is 58.9 Å². The van der Waals surface area contributed by atoms with Crippen molar-refractivity contribution in [3.05, 3.63) is 70.5 Å². The number of aryl methyl sites for hydroxylation is 1. The Morgan fingerprint density at radius 1 is 1.03 bits per heavy atom. The van der Waals surface area contributed by atoms with Crippen LogP contribution in [0, 0.1) is 0 Å². The van der Waals surface area contributed by atoms with Gasteiger partial charge in [0.15, 0.2) is 5.75 Å². The fourth-order valence-electron chi connectivity index (χ4n) is 3.79. The number of aromatic hydroxyl groups is 1. The lowest BCUT2D eigenvalue weighted by Crippen LogP contribution is -2.21. The van der Waals surface area contributed by atoms with Gasteiger partial charge in [0.05, 0.1) is 12.1 Å². The van der Waals surface area contributed by atoms with E-state index in [4.69, 9.17) is 4.74 Å². The minimum atomic E-state index is -0.469. The highest BCUT2D eigenvalue weighted by Crippen LogP contribution is 2.34. The second-order valence-corrected chi connectivity index (χ2v) is 8.36. The van der Waals surface area contributed by atoms with Gasteiger partial charge in [-0.15, -0.1) is 0 Å². The summed E-state index contributed by atoms with van der Waals surface area (Å²) in [7, 11) is 0. The summed E-state index contributed by atoms with van der Waals surface area (Å²) < 4.78 is 7.40. The number of carbonyl (C=O) groups excluding carboxylic acids is 1. The molecule has 0 aliphatic rings. The molecule has 6 nitrogen and oxygen atoms in total. The van der Waals surface area contributed by atoms with E-state index in [9.17, 15) is 14.7 Å². The number of benzene rings is 2. The molecule has 180 valence electrons. The predicted molar refractivity (Wildman–Crippen MR) is 139 cm³/mol. The number of rotatable bonds is 12. The molecule has 1 amide bonds. The molecule has 0 fully saturated rings. The second kappa shape index (κ2) is 12.6. The average Bonchev–Trinajstić information content (AvgIpc) is 2.85. The highest BCUT2D eigenvalue weighted by molar-refractivity contribution is 6.03. The maximum absolute atomic E-state index is 13.0. The van der Waals surface area contributed by atoms with Gasteiger partial charge in [0, 0.05) is 23.7 Å². The average molecular weight is 463 g/mol. The van der Waals surface area contributed by atoms with E-state index in [0.717, 1.165) is 44.1 Å². The number of nitrogens with one attached hydrogen (secondary N) is 1. The summed E-state index contributed by atoms with van der Waals surface area (Å²) in [5, 5.41) is 14.2. The number of ether oxygens (including phenoxy) is 1. The molecule has 0 radical (unpaired) electrons. The third-order valence-electron chi connectivity index (χ3n) is 5.67. The van der Waals surface area contributed by atoms with Gasteiger partial charge in [-0.25, -0.2) is 0 Å². The molecule has 2 aromatic carbocycles. The summed E-state index contributed by atoms with van der Waals surface area (Å²) in [6, 6.07) is 14.9. The monoisotopic (exact) mass is 462 g/mol. The third-order valence-corrected chi connectivity index (χ3v) is 5.67. The lowest BCUT2D eigenvalue weighted by Gasteiger charge is -2.17. The van der Waals surface area contributed by atoms with E-state index in [1.807, 2.05) is 30.3 Å². The van der Waals surface area contributed by atoms with Crippen LogP contribution in [0.3, 0.4) is 0 Å². The molecule has 0 aliphatic heterocycles. The van der Waals surface area contributed by atoms with Crippen molar-refractivity contribution in [2.75, 3.05) is 11.9 Å². The predicted octanol–water partition coefficient (Wildman–Crippen LogP) is 6.12. The summed E-state index contributed by atoms with van der Waals surface area (Å²) in [5.41, 5.74) is 1.67. The molecule has 0 spiro atoms. The first kappa shape index (κ1) is 25.1. The molecular weight excluding hydrogens is 428 g/mol. The molecule has 2 N–H and O–H groups in total. The van der Waals surface area contributed by atoms with Gasteiger partial charge in [0.2, 0.25) is 11.7 Å². The summed E-state index contributed by atoms with van der Waals surface area (Å²) >= 11 is 0. The van der Waals surface area contributed by atoms with Crippen molar-refractivity contribution < 1.29 is 14.6 Å². The number of amides is 1. The van der Waals surface area contributed by atoms with Gasteiger partial charge >= 0.3 is 0 Å². The molecule has 0 aliphatic carbocycles. The van der Waals surface area contributed by atoms with Gasteiger partial charge < -0.3 is 19.7 Å². The maximum atomic E-state index is 13.0. The topological polar surface area (TPSA) is 80.6 Å².